The van der Waals surface area contributed by atoms with Crippen LogP contribution in [0.2, 0.25) is 0 Å². The van der Waals surface area contributed by atoms with Crippen molar-refractivity contribution in [3.05, 3.63) is 45.8 Å². The van der Waals surface area contributed by atoms with Crippen molar-refractivity contribution >= 4 is 23.0 Å². The van der Waals surface area contributed by atoms with Gasteiger partial charge in [0.1, 0.15) is 17.9 Å². The maximum absolute atomic E-state index is 12.3. The minimum atomic E-state index is -0.467. The number of hydrogen-bond acceptors (Lipinski definition) is 5. The Morgan fingerprint density at radius 1 is 1.19 bits per heavy atom. The lowest BCUT2D eigenvalue weighted by atomic mass is 10.1. The predicted molar refractivity (Wildman–Crippen MR) is 99.5 cm³/mol. The molecule has 138 valence electrons. The van der Waals surface area contributed by atoms with E-state index in [0.717, 1.165) is 18.8 Å². The van der Waals surface area contributed by atoms with E-state index in [9.17, 15) is 14.9 Å². The zero-order chi connectivity index (χ0) is 18.7. The molecule has 0 aliphatic carbocycles. The summed E-state index contributed by atoms with van der Waals surface area (Å²) in [6.45, 7) is 5.25. The van der Waals surface area contributed by atoms with Gasteiger partial charge in [-0.2, -0.15) is 5.10 Å². The highest BCUT2D eigenvalue weighted by Gasteiger charge is 2.22. The molecule has 3 rings (SSSR count). The van der Waals surface area contributed by atoms with Crippen LogP contribution in [0.1, 0.15) is 30.7 Å². The molecule has 1 saturated heterocycles. The number of hydrogen-bond donors (Lipinski definition) is 1. The van der Waals surface area contributed by atoms with E-state index in [1.54, 1.807) is 13.8 Å². The Labute approximate surface area is 151 Å². The highest BCUT2D eigenvalue weighted by molar-refractivity contribution is 5.90. The maximum atomic E-state index is 12.3. The Balaban J connectivity index is 1.63. The maximum Gasteiger partial charge on any atom is 0.312 e. The average Bonchev–Trinajstić information content (AvgIpc) is 2.89. The van der Waals surface area contributed by atoms with E-state index in [1.165, 1.54) is 23.9 Å². The Kier molecular flexibility index (Phi) is 5.20. The quantitative estimate of drug-likeness (QED) is 0.656. The van der Waals surface area contributed by atoms with E-state index in [2.05, 4.69) is 15.3 Å². The highest BCUT2D eigenvalue weighted by atomic mass is 16.6. The molecule has 1 fully saturated rings. The molecule has 0 spiro atoms. The third-order valence-corrected chi connectivity index (χ3v) is 4.69. The fraction of sp³-hybridized carbons (Fsp3) is 0.444. The third kappa shape index (κ3) is 3.84. The Morgan fingerprint density at radius 2 is 1.85 bits per heavy atom. The monoisotopic (exact) mass is 357 g/mol. The van der Waals surface area contributed by atoms with E-state index in [1.807, 2.05) is 24.3 Å². The molecule has 26 heavy (non-hydrogen) atoms. The molecular weight excluding hydrogens is 334 g/mol. The van der Waals surface area contributed by atoms with E-state index in [4.69, 9.17) is 0 Å². The Hall–Kier alpha value is -2.90. The summed E-state index contributed by atoms with van der Waals surface area (Å²) in [5.74, 6) is -0.267. The number of carbonyl (C=O) groups excluding carboxylic acids is 1. The molecular formula is C18H23N5O3. The molecule has 2 heterocycles. The van der Waals surface area contributed by atoms with E-state index in [-0.39, 0.29) is 18.1 Å². The largest absolute Gasteiger partial charge is 0.372 e. The Morgan fingerprint density at radius 3 is 2.42 bits per heavy atom. The molecule has 0 saturated carbocycles. The van der Waals surface area contributed by atoms with Gasteiger partial charge in [0.2, 0.25) is 5.91 Å². The van der Waals surface area contributed by atoms with Gasteiger partial charge in [0.05, 0.1) is 4.92 Å². The Bertz CT molecular complexity index is 807. The predicted octanol–water partition coefficient (Wildman–Crippen LogP) is 3.04. The van der Waals surface area contributed by atoms with E-state index < -0.39 is 4.92 Å². The number of piperidine rings is 1. The van der Waals surface area contributed by atoms with Crippen LogP contribution >= 0.6 is 0 Å². The first-order valence-corrected chi connectivity index (χ1v) is 8.79. The normalized spacial score (nSPS) is 14.3. The number of aromatic nitrogens is 2. The summed E-state index contributed by atoms with van der Waals surface area (Å²) in [6.07, 6.45) is 3.72. The fourth-order valence-electron chi connectivity index (χ4n) is 3.35. The lowest BCUT2D eigenvalue weighted by molar-refractivity contribution is -0.386. The first-order chi connectivity index (χ1) is 12.5. The molecule has 0 unspecified atom stereocenters. The number of amides is 1. The van der Waals surface area contributed by atoms with Crippen LogP contribution in [0.5, 0.6) is 0 Å². The number of anilines is 2. The highest BCUT2D eigenvalue weighted by Crippen LogP contribution is 2.23. The first-order valence-electron chi connectivity index (χ1n) is 8.79. The van der Waals surface area contributed by atoms with E-state index >= 15 is 0 Å². The molecule has 1 aliphatic rings. The fourth-order valence-corrected chi connectivity index (χ4v) is 3.35. The van der Waals surface area contributed by atoms with Crippen molar-refractivity contribution in [3.63, 3.8) is 0 Å². The van der Waals surface area contributed by atoms with Crippen LogP contribution in [-0.4, -0.2) is 33.7 Å². The second kappa shape index (κ2) is 7.55. The first kappa shape index (κ1) is 17.9. The number of benzene rings is 1. The van der Waals surface area contributed by atoms with Crippen LogP contribution in [0.4, 0.5) is 17.1 Å². The van der Waals surface area contributed by atoms with Gasteiger partial charge in [-0.15, -0.1) is 0 Å². The number of nitrogens with one attached hydrogen (secondary N) is 1. The van der Waals surface area contributed by atoms with Crippen LogP contribution in [0.25, 0.3) is 0 Å². The molecule has 0 bridgehead atoms. The summed E-state index contributed by atoms with van der Waals surface area (Å²) in [6, 6.07) is 7.78. The molecule has 0 radical (unpaired) electrons. The number of carbonyl (C=O) groups is 1. The molecule has 1 aromatic heterocycles. The van der Waals surface area contributed by atoms with Gasteiger partial charge in [0, 0.05) is 24.5 Å². The summed E-state index contributed by atoms with van der Waals surface area (Å²) >= 11 is 0. The SMILES string of the molecule is Cc1nn(CC(=O)Nc2ccc(N3CCCCC3)cc2)c(C)c1[N+](=O)[O-]. The molecule has 1 N–H and O–H groups in total. The second-order valence-electron chi connectivity index (χ2n) is 6.58. The molecule has 2 aromatic rings. The van der Waals surface area contributed by atoms with Gasteiger partial charge < -0.3 is 10.2 Å². The zero-order valence-corrected chi connectivity index (χ0v) is 15.1. The summed E-state index contributed by atoms with van der Waals surface area (Å²) in [5, 5.41) is 18.0. The van der Waals surface area contributed by atoms with Gasteiger partial charge in [0.25, 0.3) is 0 Å². The van der Waals surface area contributed by atoms with Crippen LogP contribution in [-0.2, 0) is 11.3 Å². The van der Waals surface area contributed by atoms with Crippen molar-refractivity contribution in [3.8, 4) is 0 Å². The number of nitrogens with zero attached hydrogens (tertiary/aromatic N) is 4. The van der Waals surface area contributed by atoms with Crippen molar-refractivity contribution in [1.82, 2.24) is 9.78 Å². The summed E-state index contributed by atoms with van der Waals surface area (Å²) in [4.78, 5) is 25.2. The molecule has 1 aromatic carbocycles. The smallest absolute Gasteiger partial charge is 0.312 e. The number of nitro groups is 1. The van der Waals surface area contributed by atoms with Crippen molar-refractivity contribution < 1.29 is 9.72 Å². The zero-order valence-electron chi connectivity index (χ0n) is 15.1. The molecule has 8 heteroatoms. The second-order valence-corrected chi connectivity index (χ2v) is 6.58. The topological polar surface area (TPSA) is 93.3 Å². The van der Waals surface area contributed by atoms with Crippen LogP contribution in [0.3, 0.4) is 0 Å². The lowest BCUT2D eigenvalue weighted by Crippen LogP contribution is -2.29. The van der Waals surface area contributed by atoms with Gasteiger partial charge >= 0.3 is 5.69 Å². The van der Waals surface area contributed by atoms with Gasteiger partial charge in [-0.25, -0.2) is 0 Å². The van der Waals surface area contributed by atoms with Gasteiger partial charge in [-0.05, 0) is 57.4 Å². The molecule has 0 atom stereocenters. The number of aryl methyl sites for hydroxylation is 1. The lowest BCUT2D eigenvalue weighted by Gasteiger charge is -2.28. The van der Waals surface area contributed by atoms with Crippen molar-refractivity contribution in [1.29, 1.82) is 0 Å². The van der Waals surface area contributed by atoms with Crippen LogP contribution in [0.15, 0.2) is 24.3 Å². The summed E-state index contributed by atoms with van der Waals surface area (Å²) < 4.78 is 1.37. The summed E-state index contributed by atoms with van der Waals surface area (Å²) in [7, 11) is 0. The van der Waals surface area contributed by atoms with Crippen molar-refractivity contribution in [2.75, 3.05) is 23.3 Å². The van der Waals surface area contributed by atoms with Crippen molar-refractivity contribution in [2.24, 2.45) is 0 Å². The summed E-state index contributed by atoms with van der Waals surface area (Å²) in [5.41, 5.74) is 2.52. The van der Waals surface area contributed by atoms with Crippen LogP contribution < -0.4 is 10.2 Å². The van der Waals surface area contributed by atoms with Crippen molar-refractivity contribution in [2.45, 2.75) is 39.7 Å². The minimum absolute atomic E-state index is 0.0383. The molecule has 1 aliphatic heterocycles. The van der Waals surface area contributed by atoms with E-state index in [0.29, 0.717) is 17.1 Å². The average molecular weight is 357 g/mol. The standard InChI is InChI=1S/C18H23N5O3/c1-13-18(23(25)26)14(2)22(20-13)12-17(24)19-15-6-8-16(9-7-15)21-10-4-3-5-11-21/h6-9H,3-5,10-12H2,1-2H3,(H,19,24). The minimum Gasteiger partial charge on any atom is -0.372 e. The molecule has 8 nitrogen and oxygen atoms in total. The van der Waals surface area contributed by atoms with Crippen LogP contribution in [0, 0.1) is 24.0 Å². The van der Waals surface area contributed by atoms with Gasteiger partial charge in [0.15, 0.2) is 0 Å². The van der Waals surface area contributed by atoms with Gasteiger partial charge in [-0.1, -0.05) is 0 Å². The molecule has 1 amide bonds. The third-order valence-electron chi connectivity index (χ3n) is 4.69. The number of rotatable bonds is 5. The van der Waals surface area contributed by atoms with Gasteiger partial charge in [-0.3, -0.25) is 19.6 Å².